The summed E-state index contributed by atoms with van der Waals surface area (Å²) in [5.74, 6) is 0. The van der Waals surface area contributed by atoms with Crippen molar-refractivity contribution >= 4 is 44.2 Å². The van der Waals surface area contributed by atoms with Crippen LogP contribution in [0.25, 0.3) is 0 Å². The molecular weight excluding hydrogens is 294 g/mol. The minimum atomic E-state index is 0.738. The molecule has 80 valence electrons. The van der Waals surface area contributed by atoms with Crippen LogP contribution in [-0.4, -0.2) is 23.4 Å². The zero-order chi connectivity index (χ0) is 11.3. The number of halogens is 1. The predicted octanol–water partition coefficient (Wildman–Crippen LogP) is 3.14. The lowest BCUT2D eigenvalue weighted by molar-refractivity contribution is 0.516. The van der Waals surface area contributed by atoms with Crippen LogP contribution in [0.1, 0.15) is 4.88 Å². The van der Waals surface area contributed by atoms with Crippen molar-refractivity contribution in [2.24, 2.45) is 4.99 Å². The molecule has 3 nitrogen and oxygen atoms in total. The highest BCUT2D eigenvalue weighted by atomic mass is 79.9. The molecule has 0 aliphatic rings. The third-order valence-electron chi connectivity index (χ3n) is 1.67. The molecule has 1 rings (SSSR count). The number of hydrogen-bond donors (Lipinski definition) is 0. The van der Waals surface area contributed by atoms with Crippen LogP contribution in [-0.2, 0) is 6.54 Å². The Kier molecular flexibility index (Phi) is 5.15. The number of amidine groups is 1. The Morgan fingerprint density at radius 3 is 3.00 bits per heavy atom. The lowest BCUT2D eigenvalue weighted by Gasteiger charge is -2.17. The zero-order valence-corrected chi connectivity index (χ0v) is 11.6. The number of thioether (sulfide) groups is 1. The summed E-state index contributed by atoms with van der Waals surface area (Å²) in [5, 5.41) is 11.3. The normalized spacial score (nSPS) is 11.2. The molecule has 1 heterocycles. The van der Waals surface area contributed by atoms with Crippen LogP contribution in [0.15, 0.2) is 20.9 Å². The van der Waals surface area contributed by atoms with Gasteiger partial charge in [0.15, 0.2) is 5.17 Å². The average Bonchev–Trinajstić information content (AvgIpc) is 2.60. The van der Waals surface area contributed by atoms with Crippen LogP contribution < -0.4 is 0 Å². The van der Waals surface area contributed by atoms with Gasteiger partial charge in [-0.05, 0) is 28.3 Å². The Morgan fingerprint density at radius 1 is 1.80 bits per heavy atom. The van der Waals surface area contributed by atoms with Crippen molar-refractivity contribution in [1.29, 1.82) is 5.26 Å². The molecule has 0 saturated carbocycles. The minimum absolute atomic E-state index is 0.738. The summed E-state index contributed by atoms with van der Waals surface area (Å²) in [5.41, 5.74) is 0. The monoisotopic (exact) mass is 303 g/mol. The Labute approximate surface area is 106 Å². The number of aliphatic imine (C=N–C) groups is 1. The number of thiophene rings is 1. The highest BCUT2D eigenvalue weighted by Gasteiger charge is 2.07. The summed E-state index contributed by atoms with van der Waals surface area (Å²) in [4.78, 5) is 6.95. The molecule has 0 aliphatic heterocycles. The van der Waals surface area contributed by atoms with Crippen molar-refractivity contribution in [1.82, 2.24) is 4.90 Å². The third-order valence-corrected chi connectivity index (χ3v) is 4.12. The average molecular weight is 304 g/mol. The largest absolute Gasteiger partial charge is 0.348 e. The predicted molar refractivity (Wildman–Crippen MR) is 70.0 cm³/mol. The van der Waals surface area contributed by atoms with Crippen LogP contribution in [0.5, 0.6) is 0 Å². The van der Waals surface area contributed by atoms with E-state index in [0.717, 1.165) is 16.2 Å². The van der Waals surface area contributed by atoms with Gasteiger partial charge >= 0.3 is 0 Å². The lowest BCUT2D eigenvalue weighted by Crippen LogP contribution is -2.22. The van der Waals surface area contributed by atoms with Gasteiger partial charge < -0.3 is 4.90 Å². The van der Waals surface area contributed by atoms with Crippen LogP contribution in [0.2, 0.25) is 0 Å². The molecule has 0 aromatic carbocycles. The second kappa shape index (κ2) is 6.16. The SMILES string of the molecule is CSC(=NC#N)N(C)Cc1cc(Br)cs1. The molecule has 0 aliphatic carbocycles. The summed E-state index contributed by atoms with van der Waals surface area (Å²) in [6.07, 6.45) is 3.72. The van der Waals surface area contributed by atoms with Gasteiger partial charge in [-0.1, -0.05) is 11.8 Å². The number of rotatable bonds is 2. The maximum atomic E-state index is 8.50. The van der Waals surface area contributed by atoms with Gasteiger partial charge in [0.2, 0.25) is 6.19 Å². The lowest BCUT2D eigenvalue weighted by atomic mass is 10.4. The highest BCUT2D eigenvalue weighted by molar-refractivity contribution is 9.10. The third kappa shape index (κ3) is 3.86. The van der Waals surface area contributed by atoms with Crippen molar-refractivity contribution in [3.8, 4) is 6.19 Å². The fourth-order valence-corrected chi connectivity index (χ4v) is 3.08. The Morgan fingerprint density at radius 2 is 2.53 bits per heavy atom. The van der Waals surface area contributed by atoms with E-state index in [1.54, 1.807) is 11.3 Å². The highest BCUT2D eigenvalue weighted by Crippen LogP contribution is 2.21. The van der Waals surface area contributed by atoms with Crippen molar-refractivity contribution in [3.63, 3.8) is 0 Å². The van der Waals surface area contributed by atoms with Gasteiger partial charge in [-0.15, -0.1) is 16.3 Å². The van der Waals surface area contributed by atoms with E-state index in [4.69, 9.17) is 5.26 Å². The second-order valence-electron chi connectivity index (χ2n) is 2.79. The van der Waals surface area contributed by atoms with Crippen molar-refractivity contribution < 1.29 is 0 Å². The topological polar surface area (TPSA) is 39.4 Å². The number of nitrogens with zero attached hydrogens (tertiary/aromatic N) is 3. The quantitative estimate of drug-likeness (QED) is 0.479. The molecular formula is C9H10BrN3S2. The van der Waals surface area contributed by atoms with Gasteiger partial charge in [0.25, 0.3) is 0 Å². The van der Waals surface area contributed by atoms with E-state index < -0.39 is 0 Å². The fourth-order valence-electron chi connectivity index (χ4n) is 1.07. The smallest absolute Gasteiger partial charge is 0.208 e. The van der Waals surface area contributed by atoms with E-state index in [2.05, 4.69) is 27.0 Å². The molecule has 0 N–H and O–H groups in total. The van der Waals surface area contributed by atoms with E-state index >= 15 is 0 Å². The molecule has 0 radical (unpaired) electrons. The first-order valence-corrected chi connectivity index (χ1v) is 7.02. The van der Waals surface area contributed by atoms with Gasteiger partial charge in [-0.3, -0.25) is 0 Å². The van der Waals surface area contributed by atoms with E-state index in [1.807, 2.05) is 29.8 Å². The molecule has 0 spiro atoms. The Hall–Kier alpha value is -0.510. The molecule has 0 unspecified atom stereocenters. The Balaban J connectivity index is 2.66. The van der Waals surface area contributed by atoms with Gasteiger partial charge in [0.05, 0.1) is 6.54 Å². The minimum Gasteiger partial charge on any atom is -0.348 e. The molecule has 0 amide bonds. The van der Waals surface area contributed by atoms with Crippen molar-refractivity contribution in [3.05, 3.63) is 20.8 Å². The van der Waals surface area contributed by atoms with Gasteiger partial charge in [0.1, 0.15) is 0 Å². The molecule has 0 atom stereocenters. The van der Waals surface area contributed by atoms with Crippen LogP contribution in [0.4, 0.5) is 0 Å². The molecule has 6 heteroatoms. The number of nitriles is 1. The van der Waals surface area contributed by atoms with Crippen molar-refractivity contribution in [2.45, 2.75) is 6.54 Å². The molecule has 1 aromatic heterocycles. The van der Waals surface area contributed by atoms with E-state index in [1.165, 1.54) is 16.6 Å². The molecule has 0 saturated heterocycles. The first-order chi connectivity index (χ1) is 7.17. The molecule has 0 fully saturated rings. The number of hydrogen-bond acceptors (Lipinski definition) is 4. The van der Waals surface area contributed by atoms with Crippen molar-refractivity contribution in [2.75, 3.05) is 13.3 Å². The summed E-state index contributed by atoms with van der Waals surface area (Å²) < 4.78 is 1.10. The van der Waals surface area contributed by atoms with Crippen LogP contribution in [0, 0.1) is 11.5 Å². The van der Waals surface area contributed by atoms with E-state index in [9.17, 15) is 0 Å². The Bertz CT molecular complexity index is 394. The fraction of sp³-hybridized carbons (Fsp3) is 0.333. The van der Waals surface area contributed by atoms with Gasteiger partial charge in [0, 0.05) is 21.8 Å². The molecule has 15 heavy (non-hydrogen) atoms. The van der Waals surface area contributed by atoms with Gasteiger partial charge in [-0.2, -0.15) is 5.26 Å². The maximum Gasteiger partial charge on any atom is 0.208 e. The maximum absolute atomic E-state index is 8.50. The summed E-state index contributed by atoms with van der Waals surface area (Å²) in [7, 11) is 1.93. The standard InChI is InChI=1S/C9H10BrN3S2/c1-13(9(14-2)12-6-11)4-8-3-7(10)5-15-8/h3,5H,4H2,1-2H3. The van der Waals surface area contributed by atoms with E-state index in [0.29, 0.717) is 0 Å². The molecule has 1 aromatic rings. The van der Waals surface area contributed by atoms with Crippen LogP contribution in [0.3, 0.4) is 0 Å². The summed E-state index contributed by atoms with van der Waals surface area (Å²) in [6, 6.07) is 2.07. The second-order valence-corrected chi connectivity index (χ2v) is 5.47. The molecule has 0 bridgehead atoms. The zero-order valence-electron chi connectivity index (χ0n) is 8.40. The first-order valence-electron chi connectivity index (χ1n) is 4.12. The summed E-state index contributed by atoms with van der Waals surface area (Å²) in [6.45, 7) is 0.775. The summed E-state index contributed by atoms with van der Waals surface area (Å²) >= 11 is 6.57. The van der Waals surface area contributed by atoms with E-state index in [-0.39, 0.29) is 0 Å². The first kappa shape index (κ1) is 12.6. The van der Waals surface area contributed by atoms with Gasteiger partial charge in [-0.25, -0.2) is 0 Å². The van der Waals surface area contributed by atoms with Crippen LogP contribution >= 0.6 is 39.0 Å².